The van der Waals surface area contributed by atoms with E-state index in [1.807, 2.05) is 6.92 Å². The number of halogens is 1. The Labute approximate surface area is 43.6 Å². The van der Waals surface area contributed by atoms with Crippen LogP contribution in [0.5, 0.6) is 0 Å². The third-order valence-corrected chi connectivity index (χ3v) is 0. The van der Waals surface area contributed by atoms with Crippen LogP contribution in [0.2, 0.25) is 0 Å². The third kappa shape index (κ3) is 128. The van der Waals surface area contributed by atoms with Crippen molar-refractivity contribution in [3.05, 3.63) is 6.92 Å². The smallest absolute Gasteiger partial charge is 1.00 e. The molecule has 0 aromatic rings. The fraction of sp³-hybridized carbons (Fsp3) is 0.667. The van der Waals surface area contributed by atoms with Crippen molar-refractivity contribution in [3.8, 4) is 0 Å². The van der Waals surface area contributed by atoms with Crippen LogP contribution >= 0.6 is 0 Å². The quantitative estimate of drug-likeness (QED) is 0.234. The predicted octanol–water partition coefficient (Wildman–Crippen LogP) is -2.15. The first-order chi connectivity index (χ1) is 1.41. The molecule has 0 aliphatic carbocycles. The fourth-order valence-electron chi connectivity index (χ4n) is 0. The first-order valence-electron chi connectivity index (χ1n) is 1.21. The van der Waals surface area contributed by atoms with E-state index in [-0.39, 0.29) is 22.5 Å². The van der Waals surface area contributed by atoms with Crippen molar-refractivity contribution in [3.63, 3.8) is 0 Å². The van der Waals surface area contributed by atoms with Gasteiger partial charge in [0.15, 0.2) is 0 Å². The largest absolute Gasteiger partial charge is 2.00 e. The van der Waals surface area contributed by atoms with Crippen LogP contribution in [0.25, 0.3) is 0 Å². The van der Waals surface area contributed by atoms with Crippen molar-refractivity contribution in [2.24, 2.45) is 0 Å². The molecular weight excluding hydrogens is 80.5 g/mol. The molecule has 0 rings (SSSR count). The van der Waals surface area contributed by atoms with E-state index in [1.165, 1.54) is 0 Å². The molecule has 0 aliphatic rings. The zero-order valence-corrected chi connectivity index (χ0v) is 4.26. The topological polar surface area (TPSA) is 0 Å². The Balaban J connectivity index is -0.0000000200. The summed E-state index contributed by atoms with van der Waals surface area (Å²) in [7, 11) is 0. The van der Waals surface area contributed by atoms with Crippen LogP contribution in [-0.4, -0.2) is 10.1 Å². The zero-order valence-electron chi connectivity index (χ0n) is 3.50. The standard InChI is InChI=1S/C3H7.Be.ClH/c1-3-2;;/h1,3H2,2H3;;1H/q-1;+2;/p-1. The van der Waals surface area contributed by atoms with Gasteiger partial charge in [-0.1, -0.05) is 6.92 Å². The van der Waals surface area contributed by atoms with Gasteiger partial charge in [-0.05, 0) is 0 Å². The summed E-state index contributed by atoms with van der Waals surface area (Å²) in [6.07, 6.45) is 1.00. The van der Waals surface area contributed by atoms with Crippen molar-refractivity contribution in [2.45, 2.75) is 13.3 Å². The van der Waals surface area contributed by atoms with E-state index in [1.54, 1.807) is 0 Å². The van der Waals surface area contributed by atoms with Gasteiger partial charge in [-0.15, -0.1) is 0 Å². The zero-order chi connectivity index (χ0) is 2.71. The summed E-state index contributed by atoms with van der Waals surface area (Å²) in [6.45, 7) is 5.50. The van der Waals surface area contributed by atoms with Gasteiger partial charge < -0.3 is 19.3 Å². The Morgan fingerprint density at radius 2 is 1.60 bits per heavy atom. The van der Waals surface area contributed by atoms with Gasteiger partial charge in [-0.3, -0.25) is 0 Å². The minimum Gasteiger partial charge on any atom is -1.00 e. The second-order valence-corrected chi connectivity index (χ2v) is 0.500. The first-order valence-corrected chi connectivity index (χ1v) is 1.21. The van der Waals surface area contributed by atoms with Gasteiger partial charge in [0, 0.05) is 0 Å². The van der Waals surface area contributed by atoms with Gasteiger partial charge in [0.2, 0.25) is 0 Å². The molecule has 0 unspecified atom stereocenters. The average Bonchev–Trinajstić information content (AvgIpc) is 0.918. The van der Waals surface area contributed by atoms with Crippen molar-refractivity contribution < 1.29 is 12.4 Å². The number of rotatable bonds is 0. The molecule has 0 aromatic heterocycles. The minimum atomic E-state index is 0. The second-order valence-electron chi connectivity index (χ2n) is 0.500. The summed E-state index contributed by atoms with van der Waals surface area (Å²) >= 11 is 0. The number of hydrogen-bond acceptors (Lipinski definition) is 0. The Bertz CT molecular complexity index is 6.85. The second kappa shape index (κ2) is 25.1. The molecule has 0 saturated heterocycles. The summed E-state index contributed by atoms with van der Waals surface area (Å²) < 4.78 is 0. The maximum Gasteiger partial charge on any atom is 2.00 e. The normalized spacial score (nSPS) is 3.60. The van der Waals surface area contributed by atoms with E-state index < -0.39 is 0 Å². The monoisotopic (exact) mass is 87.0 g/mol. The maximum absolute atomic E-state index is 3.49. The first kappa shape index (κ1) is 18.0. The molecule has 0 radical (unpaired) electrons. The Hall–Kier alpha value is 0.459. The van der Waals surface area contributed by atoms with Crippen molar-refractivity contribution in [1.82, 2.24) is 0 Å². The van der Waals surface area contributed by atoms with Gasteiger partial charge >= 0.3 is 10.1 Å². The van der Waals surface area contributed by atoms with Gasteiger partial charge in [0.05, 0.1) is 0 Å². The predicted molar refractivity (Wildman–Crippen MR) is 21.4 cm³/mol. The van der Waals surface area contributed by atoms with Gasteiger partial charge in [0.1, 0.15) is 0 Å². The van der Waals surface area contributed by atoms with Crippen LogP contribution in [0.1, 0.15) is 13.3 Å². The van der Waals surface area contributed by atoms with Crippen LogP contribution in [0.3, 0.4) is 0 Å². The Kier molecular flexibility index (Phi) is 90.0. The fourth-order valence-corrected chi connectivity index (χ4v) is 0. The summed E-state index contributed by atoms with van der Waals surface area (Å²) in [5.74, 6) is 0. The Morgan fingerprint density at radius 3 is 1.60 bits per heavy atom. The molecule has 2 heteroatoms. The van der Waals surface area contributed by atoms with Gasteiger partial charge in [-0.2, -0.15) is 6.42 Å². The molecule has 0 aromatic carbocycles. The van der Waals surface area contributed by atoms with E-state index in [4.69, 9.17) is 0 Å². The Morgan fingerprint density at radius 1 is 1.60 bits per heavy atom. The van der Waals surface area contributed by atoms with Crippen LogP contribution < -0.4 is 12.4 Å². The molecule has 0 fully saturated rings. The molecule has 28 valence electrons. The molecule has 0 spiro atoms. The van der Waals surface area contributed by atoms with Crippen LogP contribution in [0.15, 0.2) is 0 Å². The summed E-state index contributed by atoms with van der Waals surface area (Å²) in [6, 6.07) is 0. The van der Waals surface area contributed by atoms with Crippen molar-refractivity contribution in [2.75, 3.05) is 0 Å². The van der Waals surface area contributed by atoms with Crippen LogP contribution in [-0.2, 0) is 0 Å². The molecular formula is C3H7BeCl. The summed E-state index contributed by atoms with van der Waals surface area (Å²) in [5.41, 5.74) is 0. The molecule has 0 N–H and O–H groups in total. The van der Waals surface area contributed by atoms with Crippen molar-refractivity contribution >= 4 is 10.1 Å². The molecule has 5 heavy (non-hydrogen) atoms. The molecule has 0 saturated carbocycles. The molecule has 0 bridgehead atoms. The van der Waals surface area contributed by atoms with Crippen molar-refractivity contribution in [1.29, 1.82) is 0 Å². The summed E-state index contributed by atoms with van der Waals surface area (Å²) in [4.78, 5) is 0. The molecule has 0 atom stereocenters. The molecule has 0 nitrogen and oxygen atoms in total. The number of hydrogen-bond donors (Lipinski definition) is 0. The molecule has 0 amide bonds. The summed E-state index contributed by atoms with van der Waals surface area (Å²) in [5, 5.41) is 0. The molecule has 0 aliphatic heterocycles. The maximum atomic E-state index is 3.49. The van der Waals surface area contributed by atoms with E-state index in [0.29, 0.717) is 0 Å². The van der Waals surface area contributed by atoms with Crippen LogP contribution in [0.4, 0.5) is 0 Å². The van der Waals surface area contributed by atoms with Gasteiger partial charge in [0.25, 0.3) is 0 Å². The van der Waals surface area contributed by atoms with E-state index in [9.17, 15) is 0 Å². The van der Waals surface area contributed by atoms with E-state index >= 15 is 0 Å². The van der Waals surface area contributed by atoms with E-state index in [2.05, 4.69) is 6.92 Å². The third-order valence-electron chi connectivity index (χ3n) is 0. The minimum absolute atomic E-state index is 0. The van der Waals surface area contributed by atoms with Crippen LogP contribution in [0, 0.1) is 6.92 Å². The molecule has 0 heterocycles. The SMILES string of the molecule is [Be+2].[CH2-]CC.[Cl-]. The van der Waals surface area contributed by atoms with E-state index in [0.717, 1.165) is 6.42 Å². The van der Waals surface area contributed by atoms with Gasteiger partial charge in [-0.25, -0.2) is 0 Å². The average molecular weight is 87.6 g/mol.